The maximum atomic E-state index is 13.0. The molecular formula is C22H34F2O2. The molecule has 1 aromatic carbocycles. The van der Waals surface area contributed by atoms with E-state index in [1.54, 1.807) is 24.3 Å². The van der Waals surface area contributed by atoms with Crippen LogP contribution in [0.5, 0.6) is 11.5 Å². The third-order valence-corrected chi connectivity index (χ3v) is 5.78. The fraction of sp³-hybridized carbons (Fsp3) is 0.727. The summed E-state index contributed by atoms with van der Waals surface area (Å²) in [5.41, 5.74) is 0. The first-order valence-corrected chi connectivity index (χ1v) is 10.2. The molecule has 2 aliphatic carbocycles. The maximum Gasteiger partial charge on any atom is 0.228 e. The highest BCUT2D eigenvalue weighted by Gasteiger charge is 2.29. The smallest absolute Gasteiger partial charge is 0.228 e. The van der Waals surface area contributed by atoms with Gasteiger partial charge < -0.3 is 9.47 Å². The molecule has 0 aromatic heterocycles. The summed E-state index contributed by atoms with van der Waals surface area (Å²) < 4.78 is 34.5. The Kier molecular flexibility index (Phi) is 9.21. The molecule has 0 bridgehead atoms. The molecule has 2 aliphatic rings. The molecule has 0 heterocycles. The Hall–Kier alpha value is -1.32. The maximum absolute atomic E-state index is 13.0. The van der Waals surface area contributed by atoms with Crippen LogP contribution in [0.3, 0.4) is 0 Å². The molecule has 0 unspecified atom stereocenters. The normalized spacial score (nSPS) is 28.6. The second-order valence-corrected chi connectivity index (χ2v) is 7.69. The van der Waals surface area contributed by atoms with Crippen LogP contribution >= 0.6 is 0 Å². The van der Waals surface area contributed by atoms with Gasteiger partial charge in [-0.2, -0.15) is 0 Å². The van der Waals surface area contributed by atoms with E-state index in [0.29, 0.717) is 12.4 Å². The first kappa shape index (κ1) is 21.0. The standard InChI is InChI=1S/C13H23F.C9H11FO2/c1-10-2-4-11(5-3-10)12-6-8-13(14)9-7-12;1-2-11-8-3-5-9(6-4-8)12-7-10/h10-13H,2-9H2,1H3;3-6H,2,7H2,1H3. The molecule has 3 rings (SSSR count). The van der Waals surface area contributed by atoms with E-state index in [4.69, 9.17) is 4.74 Å². The summed E-state index contributed by atoms with van der Waals surface area (Å²) in [6, 6.07) is 6.83. The number of hydrogen-bond acceptors (Lipinski definition) is 2. The minimum atomic E-state index is -0.798. The van der Waals surface area contributed by atoms with Gasteiger partial charge in [-0.1, -0.05) is 19.8 Å². The molecular weight excluding hydrogens is 334 g/mol. The van der Waals surface area contributed by atoms with E-state index in [0.717, 1.165) is 36.3 Å². The van der Waals surface area contributed by atoms with Crippen molar-refractivity contribution in [2.24, 2.45) is 17.8 Å². The van der Waals surface area contributed by atoms with Gasteiger partial charge in [-0.25, -0.2) is 8.78 Å². The van der Waals surface area contributed by atoms with Gasteiger partial charge in [-0.15, -0.1) is 0 Å². The average molecular weight is 369 g/mol. The number of alkyl halides is 2. The van der Waals surface area contributed by atoms with E-state index < -0.39 is 13.0 Å². The molecule has 0 saturated heterocycles. The zero-order chi connectivity index (χ0) is 18.8. The largest absolute Gasteiger partial charge is 0.494 e. The van der Waals surface area contributed by atoms with Gasteiger partial charge in [0, 0.05) is 0 Å². The van der Waals surface area contributed by atoms with Crippen molar-refractivity contribution in [1.82, 2.24) is 0 Å². The topological polar surface area (TPSA) is 18.5 Å². The monoisotopic (exact) mass is 368 g/mol. The van der Waals surface area contributed by atoms with Crippen molar-refractivity contribution >= 4 is 0 Å². The summed E-state index contributed by atoms with van der Waals surface area (Å²) >= 11 is 0. The zero-order valence-corrected chi connectivity index (χ0v) is 16.3. The van der Waals surface area contributed by atoms with Gasteiger partial charge in [0.1, 0.15) is 17.7 Å². The van der Waals surface area contributed by atoms with Crippen LogP contribution in [0.2, 0.25) is 0 Å². The van der Waals surface area contributed by atoms with Crippen LogP contribution in [0.25, 0.3) is 0 Å². The molecule has 2 saturated carbocycles. The first-order chi connectivity index (χ1) is 12.6. The van der Waals surface area contributed by atoms with Gasteiger partial charge in [0.15, 0.2) is 0 Å². The molecule has 0 amide bonds. The van der Waals surface area contributed by atoms with Crippen molar-refractivity contribution in [3.05, 3.63) is 24.3 Å². The average Bonchev–Trinajstić information content (AvgIpc) is 2.66. The number of ether oxygens (including phenoxy) is 2. The Balaban J connectivity index is 0.000000190. The number of hydrogen-bond donors (Lipinski definition) is 0. The molecule has 0 aliphatic heterocycles. The van der Waals surface area contributed by atoms with Crippen molar-refractivity contribution in [3.8, 4) is 11.5 Å². The van der Waals surface area contributed by atoms with E-state index in [2.05, 4.69) is 11.7 Å². The Labute approximate surface area is 157 Å². The predicted molar refractivity (Wildman–Crippen MR) is 102 cm³/mol. The lowest BCUT2D eigenvalue weighted by Crippen LogP contribution is -2.25. The second-order valence-electron chi connectivity index (χ2n) is 7.69. The minimum absolute atomic E-state index is 0.478. The van der Waals surface area contributed by atoms with Gasteiger partial charge in [-0.3, -0.25) is 0 Å². The van der Waals surface area contributed by atoms with Crippen molar-refractivity contribution in [2.45, 2.75) is 71.4 Å². The first-order valence-electron chi connectivity index (χ1n) is 10.2. The Morgan fingerprint density at radius 3 is 1.73 bits per heavy atom. The van der Waals surface area contributed by atoms with E-state index in [9.17, 15) is 8.78 Å². The van der Waals surface area contributed by atoms with Crippen LogP contribution in [-0.4, -0.2) is 19.6 Å². The summed E-state index contributed by atoms with van der Waals surface area (Å²) in [7, 11) is 0. The molecule has 0 spiro atoms. The lowest BCUT2D eigenvalue weighted by atomic mass is 9.71. The van der Waals surface area contributed by atoms with E-state index >= 15 is 0 Å². The van der Waals surface area contributed by atoms with Gasteiger partial charge in [-0.05, 0) is 87.5 Å². The van der Waals surface area contributed by atoms with Gasteiger partial charge in [0.25, 0.3) is 0 Å². The van der Waals surface area contributed by atoms with Crippen LogP contribution in [0.15, 0.2) is 24.3 Å². The van der Waals surface area contributed by atoms with Crippen molar-refractivity contribution in [1.29, 1.82) is 0 Å². The van der Waals surface area contributed by atoms with Crippen LogP contribution in [0, 0.1) is 17.8 Å². The summed E-state index contributed by atoms with van der Waals surface area (Å²) in [5.74, 6) is 4.04. The molecule has 0 atom stereocenters. The highest BCUT2D eigenvalue weighted by molar-refractivity contribution is 5.31. The highest BCUT2D eigenvalue weighted by Crippen LogP contribution is 2.40. The third kappa shape index (κ3) is 7.13. The van der Waals surface area contributed by atoms with Crippen LogP contribution < -0.4 is 9.47 Å². The lowest BCUT2D eigenvalue weighted by Gasteiger charge is -2.35. The SMILES string of the molecule is CC1CCC(C2CCC(F)CC2)CC1.CCOc1ccc(OCF)cc1. The predicted octanol–water partition coefficient (Wildman–Crippen LogP) is 6.73. The zero-order valence-electron chi connectivity index (χ0n) is 16.3. The number of halogens is 2. The van der Waals surface area contributed by atoms with Gasteiger partial charge >= 0.3 is 0 Å². The van der Waals surface area contributed by atoms with Crippen LogP contribution in [-0.2, 0) is 0 Å². The third-order valence-electron chi connectivity index (χ3n) is 5.78. The van der Waals surface area contributed by atoms with E-state index in [1.165, 1.54) is 38.5 Å². The van der Waals surface area contributed by atoms with Crippen LogP contribution in [0.1, 0.15) is 65.2 Å². The summed E-state index contributed by atoms with van der Waals surface area (Å²) in [5, 5.41) is 0. The number of rotatable bonds is 5. The molecule has 1 aromatic rings. The molecule has 26 heavy (non-hydrogen) atoms. The fourth-order valence-electron chi connectivity index (χ4n) is 4.17. The molecule has 2 nitrogen and oxygen atoms in total. The van der Waals surface area contributed by atoms with E-state index in [1.807, 2.05) is 6.92 Å². The summed E-state index contributed by atoms with van der Waals surface area (Å²) in [6.07, 6.45) is 9.22. The molecule has 4 heteroatoms. The summed E-state index contributed by atoms with van der Waals surface area (Å²) in [6.45, 7) is 4.11. The lowest BCUT2D eigenvalue weighted by molar-refractivity contribution is 0.131. The minimum Gasteiger partial charge on any atom is -0.494 e. The van der Waals surface area contributed by atoms with Gasteiger partial charge in [0.05, 0.1) is 6.61 Å². The quantitative estimate of drug-likeness (QED) is 0.573. The van der Waals surface area contributed by atoms with Gasteiger partial charge in [0.2, 0.25) is 6.86 Å². The molecule has 148 valence electrons. The van der Waals surface area contributed by atoms with Crippen molar-refractivity contribution < 1.29 is 18.3 Å². The number of benzene rings is 1. The van der Waals surface area contributed by atoms with Crippen molar-refractivity contribution in [2.75, 3.05) is 13.5 Å². The Morgan fingerprint density at radius 1 is 0.808 bits per heavy atom. The molecule has 0 N–H and O–H groups in total. The summed E-state index contributed by atoms with van der Waals surface area (Å²) in [4.78, 5) is 0. The van der Waals surface area contributed by atoms with Crippen LogP contribution in [0.4, 0.5) is 8.78 Å². The molecule has 0 radical (unpaired) electrons. The highest BCUT2D eigenvalue weighted by atomic mass is 19.1. The fourth-order valence-corrected chi connectivity index (χ4v) is 4.17. The van der Waals surface area contributed by atoms with E-state index in [-0.39, 0.29) is 0 Å². The second kappa shape index (κ2) is 11.4. The Bertz CT molecular complexity index is 430. The van der Waals surface area contributed by atoms with Crippen molar-refractivity contribution in [3.63, 3.8) is 0 Å². The molecule has 2 fully saturated rings. The Morgan fingerprint density at radius 2 is 1.27 bits per heavy atom.